The van der Waals surface area contributed by atoms with Crippen LogP contribution in [0, 0.1) is 5.92 Å². The van der Waals surface area contributed by atoms with Gasteiger partial charge >= 0.3 is 0 Å². The molecule has 2 unspecified atom stereocenters. The summed E-state index contributed by atoms with van der Waals surface area (Å²) in [5, 5.41) is 5.68. The smallest absolute Gasteiger partial charge is 0.193 e. The summed E-state index contributed by atoms with van der Waals surface area (Å²) in [6.07, 6.45) is 6.43. The molecule has 2 aromatic rings. The van der Waals surface area contributed by atoms with E-state index in [9.17, 15) is 0 Å². The molecule has 0 fully saturated rings. The molecule has 0 radical (unpaired) electrons. The third-order valence-electron chi connectivity index (χ3n) is 3.55. The van der Waals surface area contributed by atoms with E-state index in [1.165, 1.54) is 0 Å². The van der Waals surface area contributed by atoms with Gasteiger partial charge in [0, 0.05) is 37.3 Å². The molecule has 4 nitrogen and oxygen atoms in total. The zero-order chi connectivity index (χ0) is 14.5. The van der Waals surface area contributed by atoms with E-state index in [0.29, 0.717) is 12.0 Å². The molecule has 0 bridgehead atoms. The van der Waals surface area contributed by atoms with Crippen LogP contribution in [-0.2, 0) is 11.2 Å². The van der Waals surface area contributed by atoms with Crippen molar-refractivity contribution in [2.45, 2.75) is 45.8 Å². The second-order valence-electron chi connectivity index (χ2n) is 5.53. The van der Waals surface area contributed by atoms with Crippen molar-refractivity contribution in [2.24, 2.45) is 5.92 Å². The highest BCUT2D eigenvalue weighted by molar-refractivity contribution is 7.15. The van der Waals surface area contributed by atoms with E-state index in [1.807, 2.05) is 0 Å². The Bertz CT molecular complexity index is 491. The molecule has 5 heteroatoms. The molecule has 0 amide bonds. The summed E-state index contributed by atoms with van der Waals surface area (Å²) in [6, 6.07) is 0.310. The summed E-state index contributed by atoms with van der Waals surface area (Å²) in [7, 11) is 1.80. The van der Waals surface area contributed by atoms with Crippen molar-refractivity contribution >= 4 is 16.3 Å². The Morgan fingerprint density at radius 3 is 2.85 bits per heavy atom. The third kappa shape index (κ3) is 3.59. The lowest BCUT2D eigenvalue weighted by atomic mass is 9.96. The minimum Gasteiger partial charge on any atom is -0.380 e. The molecule has 20 heavy (non-hydrogen) atoms. The largest absolute Gasteiger partial charge is 0.380 e. The highest BCUT2D eigenvalue weighted by Gasteiger charge is 2.25. The van der Waals surface area contributed by atoms with Gasteiger partial charge in [-0.3, -0.25) is 4.40 Å². The molecular weight excluding hydrogens is 270 g/mol. The number of rotatable bonds is 8. The number of imidazole rings is 1. The maximum absolute atomic E-state index is 5.70. The number of nitrogens with one attached hydrogen (secondary N) is 1. The van der Waals surface area contributed by atoms with E-state index in [2.05, 4.69) is 53.2 Å². The van der Waals surface area contributed by atoms with E-state index >= 15 is 0 Å². The van der Waals surface area contributed by atoms with E-state index in [0.717, 1.165) is 30.0 Å². The molecule has 0 aliphatic heterocycles. The molecule has 2 atom stereocenters. The normalized spacial score (nSPS) is 15.1. The first-order valence-electron chi connectivity index (χ1n) is 7.33. The van der Waals surface area contributed by atoms with Crippen molar-refractivity contribution in [3.8, 4) is 0 Å². The third-order valence-corrected chi connectivity index (χ3v) is 4.33. The molecule has 2 aromatic heterocycles. The van der Waals surface area contributed by atoms with Crippen LogP contribution in [0.5, 0.6) is 0 Å². The van der Waals surface area contributed by atoms with E-state index in [-0.39, 0.29) is 6.10 Å². The molecule has 0 aromatic carbocycles. The first-order chi connectivity index (χ1) is 9.65. The van der Waals surface area contributed by atoms with Crippen LogP contribution in [-0.4, -0.2) is 35.2 Å². The van der Waals surface area contributed by atoms with Gasteiger partial charge in [-0.1, -0.05) is 20.8 Å². The van der Waals surface area contributed by atoms with Crippen molar-refractivity contribution in [1.82, 2.24) is 14.7 Å². The maximum atomic E-state index is 5.70. The molecule has 0 aliphatic carbocycles. The van der Waals surface area contributed by atoms with Crippen LogP contribution in [0.25, 0.3) is 4.96 Å². The minimum absolute atomic E-state index is 0.210. The topological polar surface area (TPSA) is 38.6 Å². The molecule has 0 saturated heterocycles. The zero-order valence-electron chi connectivity index (χ0n) is 12.8. The van der Waals surface area contributed by atoms with Crippen LogP contribution in [0.3, 0.4) is 0 Å². The van der Waals surface area contributed by atoms with Gasteiger partial charge in [0.2, 0.25) is 0 Å². The predicted octanol–water partition coefficient (Wildman–Crippen LogP) is 2.98. The summed E-state index contributed by atoms with van der Waals surface area (Å²) in [5.74, 6) is 0.484. The van der Waals surface area contributed by atoms with Gasteiger partial charge in [0.15, 0.2) is 4.96 Å². The lowest BCUT2D eigenvalue weighted by molar-refractivity contribution is 0.0330. The molecule has 0 aliphatic rings. The molecule has 2 rings (SSSR count). The summed E-state index contributed by atoms with van der Waals surface area (Å²) >= 11 is 1.67. The molecule has 112 valence electrons. The fraction of sp³-hybridized carbons (Fsp3) is 0.667. The standard InChI is InChI=1S/C15H25N3OS/c1-5-6-16-13(14(19-4)11(2)3)9-12-10-18-7-8-20-15(18)17-12/h7-8,10-11,13-14,16H,5-6,9H2,1-4H3. The molecule has 0 spiro atoms. The van der Waals surface area contributed by atoms with Gasteiger partial charge in [-0.15, -0.1) is 11.3 Å². The van der Waals surface area contributed by atoms with Crippen LogP contribution in [0.1, 0.15) is 32.9 Å². The van der Waals surface area contributed by atoms with Crippen LogP contribution >= 0.6 is 11.3 Å². The highest BCUT2D eigenvalue weighted by atomic mass is 32.1. The molecule has 2 heterocycles. The quantitative estimate of drug-likeness (QED) is 0.813. The van der Waals surface area contributed by atoms with E-state index in [4.69, 9.17) is 4.74 Å². The number of ether oxygens (including phenoxy) is 1. The summed E-state index contributed by atoms with van der Waals surface area (Å²) in [6.45, 7) is 7.62. The summed E-state index contributed by atoms with van der Waals surface area (Å²) in [4.78, 5) is 5.75. The van der Waals surface area contributed by atoms with E-state index in [1.54, 1.807) is 18.4 Å². The Kier molecular flexibility index (Phi) is 5.57. The Hall–Kier alpha value is -0.910. The Morgan fingerprint density at radius 1 is 1.45 bits per heavy atom. The Labute approximate surface area is 125 Å². The number of thiazole rings is 1. The second-order valence-corrected chi connectivity index (χ2v) is 6.41. The first kappa shape index (κ1) is 15.5. The van der Waals surface area contributed by atoms with Crippen LogP contribution < -0.4 is 5.32 Å². The van der Waals surface area contributed by atoms with Crippen molar-refractivity contribution in [1.29, 1.82) is 0 Å². The number of nitrogens with zero attached hydrogens (tertiary/aromatic N) is 2. The van der Waals surface area contributed by atoms with Crippen LogP contribution in [0.4, 0.5) is 0 Å². The Morgan fingerprint density at radius 2 is 2.25 bits per heavy atom. The SMILES string of the molecule is CCCNC(Cc1cn2ccsc2n1)C(OC)C(C)C. The van der Waals surface area contributed by atoms with Crippen molar-refractivity contribution in [2.75, 3.05) is 13.7 Å². The average Bonchev–Trinajstić information content (AvgIpc) is 2.96. The molecular formula is C15H25N3OS. The number of hydrogen-bond donors (Lipinski definition) is 1. The average molecular weight is 295 g/mol. The molecule has 0 saturated carbocycles. The van der Waals surface area contributed by atoms with Gasteiger partial charge in [0.25, 0.3) is 0 Å². The number of hydrogen-bond acceptors (Lipinski definition) is 4. The van der Waals surface area contributed by atoms with Gasteiger partial charge in [0.05, 0.1) is 11.8 Å². The highest BCUT2D eigenvalue weighted by Crippen LogP contribution is 2.17. The van der Waals surface area contributed by atoms with E-state index < -0.39 is 0 Å². The second kappa shape index (κ2) is 7.20. The molecule has 1 N–H and O–H groups in total. The van der Waals surface area contributed by atoms with Crippen LogP contribution in [0.2, 0.25) is 0 Å². The van der Waals surface area contributed by atoms with Gasteiger partial charge in [-0.05, 0) is 18.9 Å². The minimum atomic E-state index is 0.210. The van der Waals surface area contributed by atoms with Crippen LogP contribution in [0.15, 0.2) is 17.8 Å². The fourth-order valence-electron chi connectivity index (χ4n) is 2.64. The predicted molar refractivity (Wildman–Crippen MR) is 84.5 cm³/mol. The summed E-state index contributed by atoms with van der Waals surface area (Å²) < 4.78 is 7.80. The van der Waals surface area contributed by atoms with Gasteiger partial charge in [0.1, 0.15) is 0 Å². The summed E-state index contributed by atoms with van der Waals surface area (Å²) in [5.41, 5.74) is 1.13. The van der Waals surface area contributed by atoms with Gasteiger partial charge in [-0.25, -0.2) is 4.98 Å². The van der Waals surface area contributed by atoms with Crippen molar-refractivity contribution < 1.29 is 4.74 Å². The first-order valence-corrected chi connectivity index (χ1v) is 8.21. The lowest BCUT2D eigenvalue weighted by Gasteiger charge is -2.29. The number of methoxy groups -OCH3 is 1. The fourth-order valence-corrected chi connectivity index (χ4v) is 3.35. The monoisotopic (exact) mass is 295 g/mol. The zero-order valence-corrected chi connectivity index (χ0v) is 13.6. The number of aromatic nitrogens is 2. The van der Waals surface area contributed by atoms with Gasteiger partial charge in [-0.2, -0.15) is 0 Å². The lowest BCUT2D eigenvalue weighted by Crippen LogP contribution is -2.45. The van der Waals surface area contributed by atoms with Gasteiger partial charge < -0.3 is 10.1 Å². The Balaban J connectivity index is 2.11. The van der Waals surface area contributed by atoms with Crippen molar-refractivity contribution in [3.05, 3.63) is 23.5 Å². The maximum Gasteiger partial charge on any atom is 0.193 e. The van der Waals surface area contributed by atoms with Crippen molar-refractivity contribution in [3.63, 3.8) is 0 Å². The number of fused-ring (bicyclic) bond motifs is 1.